The summed E-state index contributed by atoms with van der Waals surface area (Å²) in [5, 5.41) is 0. The molecule has 168 valence electrons. The summed E-state index contributed by atoms with van der Waals surface area (Å²) in [4.78, 5) is 0. The van der Waals surface area contributed by atoms with Crippen molar-refractivity contribution in [2.24, 2.45) is 0 Å². The molecule has 1 aliphatic carbocycles. The maximum Gasteiger partial charge on any atom is 0.201 e. The van der Waals surface area contributed by atoms with Crippen molar-refractivity contribution in [3.05, 3.63) is 82.9 Å². The Labute approximate surface area is 184 Å². The standard InChI is InChI=1S/C26H24F4O2/c1-31-22-14-13-21(25(29)26(22)30)17-7-10-19(11-8-17)32-15-18-9-12-20(24(28)23(18)27)16-5-3-2-4-6-16/h7-14,16H,2-6,15H2,1H3. The number of ether oxygens (including phenoxy) is 2. The lowest BCUT2D eigenvalue weighted by Gasteiger charge is -2.23. The third-order valence-corrected chi connectivity index (χ3v) is 6.06. The second-order valence-corrected chi connectivity index (χ2v) is 8.03. The highest BCUT2D eigenvalue weighted by Gasteiger charge is 2.22. The lowest BCUT2D eigenvalue weighted by Crippen LogP contribution is -2.10. The van der Waals surface area contributed by atoms with E-state index in [1.54, 1.807) is 36.4 Å². The van der Waals surface area contributed by atoms with Gasteiger partial charge in [0, 0.05) is 11.1 Å². The maximum atomic E-state index is 14.6. The largest absolute Gasteiger partial charge is 0.494 e. The zero-order chi connectivity index (χ0) is 22.7. The van der Waals surface area contributed by atoms with Gasteiger partial charge < -0.3 is 9.47 Å². The average Bonchev–Trinajstić information content (AvgIpc) is 2.83. The number of rotatable bonds is 6. The minimum atomic E-state index is -1.06. The molecule has 0 heterocycles. The Morgan fingerprint density at radius 2 is 1.47 bits per heavy atom. The van der Waals surface area contributed by atoms with Crippen LogP contribution in [0.5, 0.6) is 11.5 Å². The van der Waals surface area contributed by atoms with E-state index in [1.807, 2.05) is 0 Å². The summed E-state index contributed by atoms with van der Waals surface area (Å²) in [7, 11) is 1.27. The van der Waals surface area contributed by atoms with Gasteiger partial charge in [-0.2, -0.15) is 4.39 Å². The van der Waals surface area contributed by atoms with Gasteiger partial charge in [0.1, 0.15) is 12.4 Å². The van der Waals surface area contributed by atoms with Gasteiger partial charge in [-0.15, -0.1) is 0 Å². The molecule has 0 saturated heterocycles. The quantitative estimate of drug-likeness (QED) is 0.366. The highest BCUT2D eigenvalue weighted by atomic mass is 19.2. The van der Waals surface area contributed by atoms with Gasteiger partial charge >= 0.3 is 0 Å². The van der Waals surface area contributed by atoms with Crippen molar-refractivity contribution in [1.29, 1.82) is 0 Å². The highest BCUT2D eigenvalue weighted by molar-refractivity contribution is 5.66. The average molecular weight is 444 g/mol. The van der Waals surface area contributed by atoms with Crippen molar-refractivity contribution in [2.75, 3.05) is 7.11 Å². The number of hydrogen-bond donors (Lipinski definition) is 0. The molecule has 0 atom stereocenters. The summed E-state index contributed by atoms with van der Waals surface area (Å²) in [6, 6.07) is 12.3. The Kier molecular flexibility index (Phi) is 6.68. The van der Waals surface area contributed by atoms with Crippen LogP contribution < -0.4 is 9.47 Å². The van der Waals surface area contributed by atoms with E-state index < -0.39 is 23.3 Å². The fourth-order valence-corrected chi connectivity index (χ4v) is 4.25. The van der Waals surface area contributed by atoms with Crippen LogP contribution in [0.1, 0.15) is 49.1 Å². The van der Waals surface area contributed by atoms with Crippen molar-refractivity contribution in [1.82, 2.24) is 0 Å². The van der Waals surface area contributed by atoms with Gasteiger partial charge in [-0.05, 0) is 54.2 Å². The van der Waals surface area contributed by atoms with E-state index in [9.17, 15) is 17.6 Å². The van der Waals surface area contributed by atoms with Gasteiger partial charge in [0.05, 0.1) is 7.11 Å². The lowest BCUT2D eigenvalue weighted by atomic mass is 9.83. The molecule has 0 amide bonds. The second-order valence-electron chi connectivity index (χ2n) is 8.03. The number of hydrogen-bond acceptors (Lipinski definition) is 2. The first-order valence-electron chi connectivity index (χ1n) is 10.7. The SMILES string of the molecule is COc1ccc(-c2ccc(OCc3ccc(C4CCCCC4)c(F)c3F)cc2)c(F)c1F. The normalized spacial score (nSPS) is 14.4. The van der Waals surface area contributed by atoms with E-state index in [2.05, 4.69) is 0 Å². The van der Waals surface area contributed by atoms with E-state index in [0.717, 1.165) is 32.1 Å². The molecule has 1 saturated carbocycles. The third kappa shape index (κ3) is 4.45. The monoisotopic (exact) mass is 444 g/mol. The predicted octanol–water partition coefficient (Wildman–Crippen LogP) is 7.55. The second kappa shape index (κ2) is 9.63. The molecule has 1 fully saturated rings. The van der Waals surface area contributed by atoms with E-state index in [4.69, 9.17) is 9.47 Å². The molecule has 4 rings (SSSR count). The zero-order valence-corrected chi connectivity index (χ0v) is 17.8. The molecular weight excluding hydrogens is 420 g/mol. The molecule has 3 aromatic carbocycles. The maximum absolute atomic E-state index is 14.6. The van der Waals surface area contributed by atoms with Crippen LogP contribution in [0.3, 0.4) is 0 Å². The van der Waals surface area contributed by atoms with Crippen LogP contribution >= 0.6 is 0 Å². The van der Waals surface area contributed by atoms with Crippen molar-refractivity contribution in [3.63, 3.8) is 0 Å². The summed E-state index contributed by atoms with van der Waals surface area (Å²) >= 11 is 0. The molecule has 0 bridgehead atoms. The van der Waals surface area contributed by atoms with Crippen molar-refractivity contribution in [2.45, 2.75) is 44.6 Å². The summed E-state index contributed by atoms with van der Waals surface area (Å²) in [6.45, 7) is -0.140. The number of methoxy groups -OCH3 is 1. The number of halogens is 4. The van der Waals surface area contributed by atoms with Gasteiger partial charge in [-0.25, -0.2) is 13.2 Å². The highest BCUT2D eigenvalue weighted by Crippen LogP contribution is 2.35. The summed E-state index contributed by atoms with van der Waals surface area (Å²) < 4.78 is 67.9. The first-order valence-corrected chi connectivity index (χ1v) is 10.7. The first kappa shape index (κ1) is 22.2. The Balaban J connectivity index is 1.46. The minimum Gasteiger partial charge on any atom is -0.494 e. The summed E-state index contributed by atoms with van der Waals surface area (Å²) in [5.41, 5.74) is 1.12. The molecule has 3 aromatic rings. The Hall–Kier alpha value is -3.02. The molecule has 2 nitrogen and oxygen atoms in total. The molecule has 0 aromatic heterocycles. The molecule has 6 heteroatoms. The fraction of sp³-hybridized carbons (Fsp3) is 0.308. The molecule has 0 unspecified atom stereocenters. The van der Waals surface area contributed by atoms with Gasteiger partial charge in [0.15, 0.2) is 23.2 Å². The van der Waals surface area contributed by atoms with Gasteiger partial charge in [0.25, 0.3) is 0 Å². The van der Waals surface area contributed by atoms with Crippen LogP contribution in [0.15, 0.2) is 48.5 Å². The molecule has 0 N–H and O–H groups in total. The Morgan fingerprint density at radius 3 is 2.16 bits per heavy atom. The van der Waals surface area contributed by atoms with Crippen LogP contribution in [-0.4, -0.2) is 7.11 Å². The molecular formula is C26H24F4O2. The van der Waals surface area contributed by atoms with E-state index in [1.165, 1.54) is 19.2 Å². The predicted molar refractivity (Wildman–Crippen MR) is 115 cm³/mol. The van der Waals surface area contributed by atoms with Gasteiger partial charge in [-0.3, -0.25) is 0 Å². The van der Waals surface area contributed by atoms with Crippen LogP contribution in [-0.2, 0) is 6.61 Å². The third-order valence-electron chi connectivity index (χ3n) is 6.06. The molecule has 32 heavy (non-hydrogen) atoms. The van der Waals surface area contributed by atoms with Gasteiger partial charge in [-0.1, -0.05) is 43.5 Å². The molecule has 1 aliphatic rings. The lowest BCUT2D eigenvalue weighted by molar-refractivity contribution is 0.296. The Morgan fingerprint density at radius 1 is 0.750 bits per heavy atom. The minimum absolute atomic E-state index is 0.0731. The van der Waals surface area contributed by atoms with E-state index in [-0.39, 0.29) is 29.4 Å². The van der Waals surface area contributed by atoms with Crippen LogP contribution in [0, 0.1) is 23.3 Å². The van der Waals surface area contributed by atoms with Crippen LogP contribution in [0.25, 0.3) is 11.1 Å². The smallest absolute Gasteiger partial charge is 0.201 e. The number of benzene rings is 3. The summed E-state index contributed by atoms with van der Waals surface area (Å²) in [6.07, 6.45) is 5.00. The van der Waals surface area contributed by atoms with Crippen LogP contribution in [0.4, 0.5) is 17.6 Å². The zero-order valence-electron chi connectivity index (χ0n) is 17.8. The fourth-order valence-electron chi connectivity index (χ4n) is 4.25. The molecule has 0 aliphatic heterocycles. The van der Waals surface area contributed by atoms with Crippen LogP contribution in [0.2, 0.25) is 0 Å². The Bertz CT molecular complexity index is 1090. The van der Waals surface area contributed by atoms with Gasteiger partial charge in [0.2, 0.25) is 5.82 Å². The summed E-state index contributed by atoms with van der Waals surface area (Å²) in [5.74, 6) is -3.42. The van der Waals surface area contributed by atoms with E-state index >= 15 is 0 Å². The molecule has 0 spiro atoms. The van der Waals surface area contributed by atoms with Crippen molar-refractivity contribution < 1.29 is 27.0 Å². The molecule has 0 radical (unpaired) electrons. The van der Waals surface area contributed by atoms with E-state index in [0.29, 0.717) is 16.9 Å². The topological polar surface area (TPSA) is 18.5 Å². The van der Waals surface area contributed by atoms with Crippen molar-refractivity contribution in [3.8, 4) is 22.6 Å². The van der Waals surface area contributed by atoms with Crippen molar-refractivity contribution >= 4 is 0 Å². The first-order chi connectivity index (χ1) is 15.5.